The Bertz CT molecular complexity index is 997. The van der Waals surface area contributed by atoms with Crippen LogP contribution >= 0.6 is 22.6 Å². The molecule has 0 radical (unpaired) electrons. The highest BCUT2D eigenvalue weighted by atomic mass is 127. The van der Waals surface area contributed by atoms with E-state index in [-0.39, 0.29) is 5.41 Å². The number of benzene rings is 1. The normalized spacial score (nSPS) is 26.7. The summed E-state index contributed by atoms with van der Waals surface area (Å²) in [6, 6.07) is 8.93. The highest BCUT2D eigenvalue weighted by Crippen LogP contribution is 2.56. The molecule has 2 atom stereocenters. The number of allylic oxidation sites excluding steroid dienone is 7. The average Bonchev–Trinajstić information content (AvgIpc) is 2.87. The summed E-state index contributed by atoms with van der Waals surface area (Å²) in [7, 11) is 0. The molecule has 2 unspecified atom stereocenters. The Kier molecular flexibility index (Phi) is 5.09. The fraction of sp³-hybridized carbons (Fsp3) is 0.385. The highest BCUT2D eigenvalue weighted by Gasteiger charge is 2.44. The molecule has 1 aromatic carbocycles. The summed E-state index contributed by atoms with van der Waals surface area (Å²) in [5, 5.41) is 2.89. The lowest BCUT2D eigenvalue weighted by atomic mass is 9.71. The van der Waals surface area contributed by atoms with Crippen molar-refractivity contribution in [3.63, 3.8) is 0 Å². The van der Waals surface area contributed by atoms with E-state index >= 15 is 0 Å². The van der Waals surface area contributed by atoms with Crippen molar-refractivity contribution < 1.29 is 0 Å². The van der Waals surface area contributed by atoms with Crippen molar-refractivity contribution in [3.05, 3.63) is 79.8 Å². The van der Waals surface area contributed by atoms with Crippen LogP contribution in [0.15, 0.2) is 69.4 Å². The van der Waals surface area contributed by atoms with Gasteiger partial charge in [0.1, 0.15) is 0 Å². The minimum absolute atomic E-state index is 0.190. The summed E-state index contributed by atoms with van der Waals surface area (Å²) in [6.07, 6.45) is 14.1. The van der Waals surface area contributed by atoms with E-state index in [1.54, 1.807) is 11.1 Å². The van der Waals surface area contributed by atoms with Gasteiger partial charge in [0.05, 0.1) is 0 Å². The third kappa shape index (κ3) is 3.22. The van der Waals surface area contributed by atoms with E-state index in [4.69, 9.17) is 0 Å². The largest absolute Gasteiger partial charge is 0.0949 e. The summed E-state index contributed by atoms with van der Waals surface area (Å²) in [6.45, 7) is 11.5. The van der Waals surface area contributed by atoms with Gasteiger partial charge in [-0.1, -0.05) is 80.1 Å². The molecule has 0 fully saturated rings. The number of hydrogen-bond donors (Lipinski definition) is 0. The molecule has 0 nitrogen and oxygen atoms in total. The molecule has 3 aliphatic rings. The summed E-state index contributed by atoms with van der Waals surface area (Å²) >= 11 is 2.49. The van der Waals surface area contributed by atoms with Gasteiger partial charge in [0.25, 0.3) is 0 Å². The van der Waals surface area contributed by atoms with E-state index in [1.807, 2.05) is 0 Å². The zero-order chi connectivity index (χ0) is 19.2. The van der Waals surface area contributed by atoms with Crippen molar-refractivity contribution in [2.75, 3.05) is 0 Å². The Morgan fingerprint density at radius 1 is 1.30 bits per heavy atom. The highest BCUT2D eigenvalue weighted by molar-refractivity contribution is 14.1. The van der Waals surface area contributed by atoms with Crippen molar-refractivity contribution in [1.82, 2.24) is 0 Å². The Morgan fingerprint density at radius 2 is 2.07 bits per heavy atom. The lowest BCUT2D eigenvalue weighted by molar-refractivity contribution is 0.319. The Labute approximate surface area is 177 Å². The molecule has 0 heterocycles. The molecule has 0 amide bonds. The first-order valence-electron chi connectivity index (χ1n) is 10.1. The molecule has 27 heavy (non-hydrogen) atoms. The zero-order valence-electron chi connectivity index (χ0n) is 16.7. The molecule has 140 valence electrons. The first-order chi connectivity index (χ1) is 12.9. The Hall–Kier alpha value is -1.35. The molecule has 3 aliphatic carbocycles. The van der Waals surface area contributed by atoms with Crippen LogP contribution in [0, 0.1) is 17.3 Å². The first kappa shape index (κ1) is 19.0. The molecule has 0 aliphatic heterocycles. The summed E-state index contributed by atoms with van der Waals surface area (Å²) in [5.74, 6) is 1.05. The molecule has 0 N–H and O–H groups in total. The van der Waals surface area contributed by atoms with Crippen LogP contribution in [0.5, 0.6) is 0 Å². The van der Waals surface area contributed by atoms with Crippen molar-refractivity contribution in [1.29, 1.82) is 0 Å². The summed E-state index contributed by atoms with van der Waals surface area (Å²) in [4.78, 5) is 0. The maximum Gasteiger partial charge on any atom is 0.00271 e. The quantitative estimate of drug-likeness (QED) is 0.462. The maximum atomic E-state index is 4.52. The molecule has 4 rings (SSSR count). The maximum absolute atomic E-state index is 4.52. The van der Waals surface area contributed by atoms with Crippen LogP contribution < -0.4 is 10.4 Å². The van der Waals surface area contributed by atoms with Crippen LogP contribution in [0.25, 0.3) is 11.6 Å². The van der Waals surface area contributed by atoms with Gasteiger partial charge in [0.2, 0.25) is 0 Å². The fourth-order valence-corrected chi connectivity index (χ4v) is 5.70. The van der Waals surface area contributed by atoms with Crippen molar-refractivity contribution in [3.8, 4) is 0 Å². The molecular weight excluding hydrogens is 439 g/mol. The van der Waals surface area contributed by atoms with Gasteiger partial charge in [-0.25, -0.2) is 0 Å². The van der Waals surface area contributed by atoms with Gasteiger partial charge >= 0.3 is 0 Å². The standard InChI is InChI=1S/C26H29I/c1-5-20(27)16-24-17(2)21-14-13-19(15-25(21)26(24,3)4)23-12-8-10-18-9-6-7-11-22(18)23/h5-7,9-11,13-14,19,24H,2,8,12,15-16H2,1,3-4H3/b20-5+. The molecule has 0 saturated carbocycles. The van der Waals surface area contributed by atoms with E-state index in [2.05, 4.69) is 98.5 Å². The van der Waals surface area contributed by atoms with Gasteiger partial charge in [-0.3, -0.25) is 0 Å². The van der Waals surface area contributed by atoms with Gasteiger partial charge in [0.15, 0.2) is 0 Å². The summed E-state index contributed by atoms with van der Waals surface area (Å²) < 4.78 is 1.44. The van der Waals surface area contributed by atoms with Crippen molar-refractivity contribution in [2.45, 2.75) is 46.5 Å². The third-order valence-corrected chi connectivity index (χ3v) is 7.97. The molecule has 0 spiro atoms. The third-order valence-electron chi connectivity index (χ3n) is 6.90. The number of rotatable bonds is 3. The lowest BCUT2D eigenvalue weighted by Gasteiger charge is -2.33. The number of hydrogen-bond acceptors (Lipinski definition) is 0. The van der Waals surface area contributed by atoms with Crippen LogP contribution in [0.2, 0.25) is 0 Å². The first-order valence-corrected chi connectivity index (χ1v) is 11.2. The second-order valence-electron chi connectivity index (χ2n) is 8.66. The lowest BCUT2D eigenvalue weighted by Crippen LogP contribution is -2.32. The smallest absolute Gasteiger partial charge is 0.00271 e. The van der Waals surface area contributed by atoms with E-state index in [0.29, 0.717) is 11.8 Å². The van der Waals surface area contributed by atoms with Crippen LogP contribution in [-0.4, -0.2) is 0 Å². The summed E-state index contributed by atoms with van der Waals surface area (Å²) in [5.41, 5.74) is 6.24. The monoisotopic (exact) mass is 468 g/mol. The van der Waals surface area contributed by atoms with Crippen molar-refractivity contribution >= 4 is 34.2 Å². The van der Waals surface area contributed by atoms with Crippen LogP contribution in [0.1, 0.15) is 46.5 Å². The second-order valence-corrected chi connectivity index (χ2v) is 10.0. The fourth-order valence-electron chi connectivity index (χ4n) is 5.26. The van der Waals surface area contributed by atoms with E-state index in [0.717, 1.165) is 12.8 Å². The molecule has 1 aromatic rings. The van der Waals surface area contributed by atoms with E-state index in [9.17, 15) is 0 Å². The predicted octanol–water partition coefficient (Wildman–Crippen LogP) is 6.23. The van der Waals surface area contributed by atoms with Gasteiger partial charge in [-0.05, 0) is 91.7 Å². The number of fused-ring (bicyclic) bond motifs is 1. The Morgan fingerprint density at radius 3 is 2.85 bits per heavy atom. The molecule has 1 heteroatoms. The Balaban J connectivity index is 1.71. The van der Waals surface area contributed by atoms with E-state index in [1.165, 1.54) is 38.0 Å². The van der Waals surface area contributed by atoms with Crippen molar-refractivity contribution in [2.24, 2.45) is 17.3 Å². The average molecular weight is 468 g/mol. The molecule has 0 aromatic heterocycles. The second kappa shape index (κ2) is 7.24. The molecule has 0 saturated heterocycles. The zero-order valence-corrected chi connectivity index (χ0v) is 18.8. The van der Waals surface area contributed by atoms with Gasteiger partial charge in [-0.15, -0.1) is 0 Å². The van der Waals surface area contributed by atoms with Gasteiger partial charge < -0.3 is 0 Å². The van der Waals surface area contributed by atoms with Gasteiger partial charge in [-0.2, -0.15) is 0 Å². The minimum Gasteiger partial charge on any atom is -0.0949 e. The molecular formula is C26H29I. The predicted molar refractivity (Wildman–Crippen MR) is 126 cm³/mol. The van der Waals surface area contributed by atoms with Crippen LogP contribution in [0.4, 0.5) is 0 Å². The van der Waals surface area contributed by atoms with Gasteiger partial charge in [0, 0.05) is 5.92 Å². The van der Waals surface area contributed by atoms with Crippen LogP contribution in [-0.2, 0) is 0 Å². The SMILES string of the molecule is C=C1C2=C(CC(C3=c4ccccc4=CCC3)C=C2)C(C)(C)C1C/C(I)=C\C. The molecule has 0 bridgehead atoms. The number of halogens is 1. The topological polar surface area (TPSA) is 0 Å². The van der Waals surface area contributed by atoms with Crippen LogP contribution in [0.3, 0.4) is 0 Å². The minimum atomic E-state index is 0.190. The van der Waals surface area contributed by atoms with E-state index < -0.39 is 0 Å².